The first-order valence-corrected chi connectivity index (χ1v) is 25.9. The second-order valence-corrected chi connectivity index (χ2v) is 19.6. The van der Waals surface area contributed by atoms with Crippen molar-refractivity contribution in [3.8, 4) is 27.0 Å². The summed E-state index contributed by atoms with van der Waals surface area (Å²) in [5.74, 6) is -2.46. The molecule has 0 fully saturated rings. The number of carboxylic acids is 2. The van der Waals surface area contributed by atoms with Crippen molar-refractivity contribution in [1.82, 2.24) is 0 Å². The van der Waals surface area contributed by atoms with Crippen molar-refractivity contribution in [1.29, 1.82) is 5.26 Å². The van der Waals surface area contributed by atoms with Gasteiger partial charge >= 0.3 is 11.9 Å². The third-order valence-corrected chi connectivity index (χ3v) is 14.3. The van der Waals surface area contributed by atoms with E-state index in [0.29, 0.717) is 4.88 Å². The van der Waals surface area contributed by atoms with E-state index in [9.17, 15) is 19.8 Å². The van der Waals surface area contributed by atoms with Crippen LogP contribution in [0.15, 0.2) is 157 Å². The number of anilines is 3. The minimum Gasteiger partial charge on any atom is -0.486 e. The molecule has 0 atom stereocenters. The number of nitriles is 1. The maximum absolute atomic E-state index is 11.3. The molecule has 0 spiro atoms. The van der Waals surface area contributed by atoms with Gasteiger partial charge in [0.15, 0.2) is 0 Å². The van der Waals surface area contributed by atoms with Crippen molar-refractivity contribution in [2.75, 3.05) is 4.90 Å². The van der Waals surface area contributed by atoms with E-state index in [0.717, 1.165) is 71.5 Å². The van der Waals surface area contributed by atoms with Gasteiger partial charge in [0.05, 0.1) is 6.57 Å². The molecule has 0 unspecified atom stereocenters. The zero-order valence-electron chi connectivity index (χ0n) is 40.0. The number of aryl methyl sites for hydroxylation is 1. The smallest absolute Gasteiger partial charge is 0.346 e. The second kappa shape index (κ2) is 26.2. The van der Waals surface area contributed by atoms with Crippen LogP contribution in [0.5, 0.6) is 0 Å². The maximum atomic E-state index is 11.3. The van der Waals surface area contributed by atoms with Crippen LogP contribution < -0.4 is 4.90 Å². The van der Waals surface area contributed by atoms with Crippen molar-refractivity contribution in [2.24, 2.45) is 0 Å². The van der Waals surface area contributed by atoms with Crippen molar-refractivity contribution in [3.05, 3.63) is 206 Å². The zero-order chi connectivity index (χ0) is 49.8. The van der Waals surface area contributed by atoms with Crippen LogP contribution in [0.25, 0.3) is 62.2 Å². The summed E-state index contributed by atoms with van der Waals surface area (Å²) in [6, 6.07) is 52.0. The van der Waals surface area contributed by atoms with Gasteiger partial charge in [0.2, 0.25) is 0 Å². The van der Waals surface area contributed by atoms with Gasteiger partial charge in [-0.25, -0.2) is 9.64 Å². The van der Waals surface area contributed by atoms with Gasteiger partial charge in [-0.3, -0.25) is 4.79 Å². The number of carboxylic acid groups (broad SMARTS) is 2. The van der Waals surface area contributed by atoms with Gasteiger partial charge in [0.1, 0.15) is 11.6 Å². The lowest BCUT2D eigenvalue weighted by atomic mass is 10.0. The fourth-order valence-electron chi connectivity index (χ4n) is 8.18. The van der Waals surface area contributed by atoms with Crippen LogP contribution >= 0.6 is 22.7 Å². The molecule has 71 heavy (non-hydrogen) atoms. The summed E-state index contributed by atoms with van der Waals surface area (Å²) < 4.78 is 0. The molecular formula is C62H57N3O4S2. The molecule has 0 saturated heterocycles. The highest BCUT2D eigenvalue weighted by molar-refractivity contribution is 7.16. The Morgan fingerprint density at radius 2 is 0.930 bits per heavy atom. The molecule has 7 nitrogen and oxygen atoms in total. The molecule has 7 rings (SSSR count). The van der Waals surface area contributed by atoms with Crippen LogP contribution in [0.1, 0.15) is 109 Å². The summed E-state index contributed by atoms with van der Waals surface area (Å²) in [4.78, 5) is 31.4. The Bertz CT molecular complexity index is 2890. The van der Waals surface area contributed by atoms with Crippen molar-refractivity contribution in [2.45, 2.75) is 77.6 Å². The van der Waals surface area contributed by atoms with E-state index in [1.54, 1.807) is 6.07 Å². The molecule has 356 valence electrons. The molecule has 5 aromatic carbocycles. The second-order valence-electron chi connectivity index (χ2n) is 17.4. The minimum absolute atomic E-state index is 0.288. The molecule has 0 radical (unpaired) electrons. The first-order valence-electron chi connectivity index (χ1n) is 24.2. The van der Waals surface area contributed by atoms with Crippen LogP contribution in [0.4, 0.5) is 17.1 Å². The fraction of sp³-hybridized carbons (Fsp3) is 0.194. The average Bonchev–Trinajstić information content (AvgIpc) is 4.08. The average molecular weight is 972 g/mol. The Kier molecular flexibility index (Phi) is 18.9. The fourth-order valence-corrected chi connectivity index (χ4v) is 10.1. The van der Waals surface area contributed by atoms with E-state index in [1.165, 1.54) is 105 Å². The third kappa shape index (κ3) is 15.1. The van der Waals surface area contributed by atoms with Crippen molar-refractivity contribution < 1.29 is 19.8 Å². The maximum Gasteiger partial charge on any atom is 0.346 e. The first kappa shape index (κ1) is 51.0. The topological polar surface area (TPSA) is 106 Å². The molecule has 0 aliphatic heterocycles. The van der Waals surface area contributed by atoms with Gasteiger partial charge in [-0.1, -0.05) is 174 Å². The normalized spacial score (nSPS) is 11.8. The summed E-state index contributed by atoms with van der Waals surface area (Å²) in [7, 11) is 0. The lowest BCUT2D eigenvalue weighted by Gasteiger charge is -2.26. The SMILES string of the molecule is [C-]#[N+]/C(=C\c1ccc(-c2ccc(/C=C/c3ccc(N(c4ccc(/C=C/c5ccc(-c6ccc(/C=C(\C#N)C(=O)O)s6)cc5)cc4)c4ccc(CCCCCCCCCCCC)cc4)cc3)cc2)s1)C(=O)O. The molecule has 2 N–H and O–H groups in total. The van der Waals surface area contributed by atoms with Crippen LogP contribution in [-0.2, 0) is 16.0 Å². The highest BCUT2D eigenvalue weighted by Crippen LogP contribution is 2.36. The number of unbranched alkanes of at least 4 members (excludes halogenated alkanes) is 9. The summed E-state index contributed by atoms with van der Waals surface area (Å²) >= 11 is 2.89. The number of hydrogen-bond donors (Lipinski definition) is 2. The van der Waals surface area contributed by atoms with Gasteiger partial charge < -0.3 is 15.1 Å². The van der Waals surface area contributed by atoms with E-state index < -0.39 is 11.9 Å². The summed E-state index contributed by atoms with van der Waals surface area (Å²) in [5, 5.41) is 27.6. The van der Waals surface area contributed by atoms with E-state index in [4.69, 9.17) is 11.8 Å². The van der Waals surface area contributed by atoms with Crippen molar-refractivity contribution in [3.63, 3.8) is 0 Å². The van der Waals surface area contributed by atoms with Crippen LogP contribution in [-0.4, -0.2) is 22.2 Å². The lowest BCUT2D eigenvalue weighted by molar-refractivity contribution is -0.133. The summed E-state index contributed by atoms with van der Waals surface area (Å²) in [5.41, 5.74) is 10.3. The highest BCUT2D eigenvalue weighted by atomic mass is 32.1. The Morgan fingerprint density at radius 3 is 1.32 bits per heavy atom. The number of nitrogens with zero attached hydrogens (tertiary/aromatic N) is 3. The molecule has 2 heterocycles. The predicted octanol–water partition coefficient (Wildman–Crippen LogP) is 17.8. The quantitative estimate of drug-likeness (QED) is 0.0205. The third-order valence-electron chi connectivity index (χ3n) is 12.2. The van der Waals surface area contributed by atoms with E-state index >= 15 is 0 Å². The molecule has 0 amide bonds. The number of hydrogen-bond acceptors (Lipinski definition) is 6. The van der Waals surface area contributed by atoms with E-state index in [1.807, 2.05) is 36.4 Å². The Balaban J connectivity index is 1.03. The number of benzene rings is 5. The Hall–Kier alpha value is -7.82. The standard InChI is InChI=1S/C62H57N3O4S2/c1-3-4-5-6-7-8-9-10-11-12-13-45-22-32-53(33-23-45)65(54-34-24-48(25-35-54)16-14-46-18-28-50(29-19-46)59-40-38-56(70-59)42-52(44-63)61(66)67)55-36-26-49(27-37-55)17-15-47-20-30-51(31-21-47)60-41-39-57(71-60)43-58(64-2)62(68)69/h14-43H,3-13H2,1H3,(H,66,67)(H,68,69)/b16-14+,17-15+,52-42+,58-43-. The molecule has 0 saturated carbocycles. The monoisotopic (exact) mass is 971 g/mol. The highest BCUT2D eigenvalue weighted by Gasteiger charge is 2.14. The molecule has 9 heteroatoms. The van der Waals surface area contributed by atoms with Crippen LogP contribution in [0.3, 0.4) is 0 Å². The first-order chi connectivity index (χ1) is 34.7. The molecule has 2 aromatic heterocycles. The van der Waals surface area contributed by atoms with E-state index in [-0.39, 0.29) is 11.3 Å². The van der Waals surface area contributed by atoms with Gasteiger partial charge in [-0.05, 0) is 125 Å². The number of aliphatic carboxylic acids is 2. The number of thiophene rings is 2. The van der Waals surface area contributed by atoms with Crippen LogP contribution in [0, 0.1) is 17.9 Å². The van der Waals surface area contributed by atoms with Crippen molar-refractivity contribution >= 4 is 88.1 Å². The van der Waals surface area contributed by atoms with Gasteiger partial charge in [0.25, 0.3) is 5.70 Å². The summed E-state index contributed by atoms with van der Waals surface area (Å²) in [6.45, 7) is 9.40. The number of carbonyl (C=O) groups is 2. The molecule has 7 aromatic rings. The van der Waals surface area contributed by atoms with Gasteiger partial charge in [0, 0.05) is 36.6 Å². The number of rotatable bonds is 24. The van der Waals surface area contributed by atoms with Gasteiger partial charge in [-0.15, -0.1) is 22.7 Å². The predicted molar refractivity (Wildman–Crippen MR) is 297 cm³/mol. The molecule has 0 aliphatic rings. The Labute approximate surface area is 426 Å². The van der Waals surface area contributed by atoms with E-state index in [2.05, 4.69) is 150 Å². The Morgan fingerprint density at radius 1 is 0.535 bits per heavy atom. The lowest BCUT2D eigenvalue weighted by Crippen LogP contribution is -2.10. The largest absolute Gasteiger partial charge is 0.486 e. The van der Waals surface area contributed by atoms with Gasteiger partial charge in [-0.2, -0.15) is 5.26 Å². The van der Waals surface area contributed by atoms with Crippen LogP contribution in [0.2, 0.25) is 0 Å². The zero-order valence-corrected chi connectivity index (χ0v) is 41.6. The molecule has 0 bridgehead atoms. The minimum atomic E-state index is -1.23. The summed E-state index contributed by atoms with van der Waals surface area (Å²) in [6.07, 6.45) is 25.6. The molecular weight excluding hydrogens is 915 g/mol. The molecule has 0 aliphatic carbocycles.